The molecule has 0 atom stereocenters. The summed E-state index contributed by atoms with van der Waals surface area (Å²) in [6.45, 7) is 16.4. The minimum Gasteiger partial charge on any atom is -0.0643 e. The summed E-state index contributed by atoms with van der Waals surface area (Å²) < 4.78 is 0. The Morgan fingerprint density at radius 3 is 1.50 bits per heavy atom. The fourth-order valence-corrected chi connectivity index (χ4v) is 6.67. The molecular weight excluding hydrogens is 330 g/mol. The van der Waals surface area contributed by atoms with Gasteiger partial charge in [0, 0.05) is 20.4 Å². The van der Waals surface area contributed by atoms with Crippen molar-refractivity contribution < 1.29 is 20.4 Å². The van der Waals surface area contributed by atoms with Crippen molar-refractivity contribution in [3.63, 3.8) is 0 Å². The van der Waals surface area contributed by atoms with Gasteiger partial charge in [0.15, 0.2) is 0 Å². The molecule has 0 N–H and O–H groups in total. The van der Waals surface area contributed by atoms with E-state index < -0.39 is 0 Å². The average Bonchev–Trinajstić information content (AvgIpc) is 2.14. The Morgan fingerprint density at radius 2 is 1.22 bits per heavy atom. The molecule has 1 aromatic rings. The minimum atomic E-state index is -0.155. The third kappa shape index (κ3) is 4.77. The van der Waals surface area contributed by atoms with E-state index >= 15 is 0 Å². The SMILES string of the molecule is CCc1ccc(P(C(C)(C)C)C(C)(C)C)cc1.[Pd]. The monoisotopic (exact) mass is 356 g/mol. The minimum absolute atomic E-state index is 0. The van der Waals surface area contributed by atoms with Gasteiger partial charge in [0.05, 0.1) is 0 Å². The standard InChI is InChI=1S/C16H27P.Pd/c1-8-13-9-11-14(12-10-13)17(15(2,3)4)16(5,6)7;/h9-12H,8H2,1-7H3;. The van der Waals surface area contributed by atoms with Crippen LogP contribution in [-0.4, -0.2) is 10.3 Å². The van der Waals surface area contributed by atoms with E-state index in [1.165, 1.54) is 10.9 Å². The summed E-state index contributed by atoms with van der Waals surface area (Å²) in [4.78, 5) is 0. The average molecular weight is 357 g/mol. The molecule has 0 radical (unpaired) electrons. The Kier molecular flexibility index (Phi) is 6.77. The summed E-state index contributed by atoms with van der Waals surface area (Å²) in [6.07, 6.45) is 1.13. The van der Waals surface area contributed by atoms with E-state index in [0.29, 0.717) is 10.3 Å². The molecule has 0 bridgehead atoms. The van der Waals surface area contributed by atoms with Crippen LogP contribution in [0.4, 0.5) is 0 Å². The number of rotatable bonds is 2. The van der Waals surface area contributed by atoms with Gasteiger partial charge in [-0.2, -0.15) is 0 Å². The molecule has 0 unspecified atom stereocenters. The van der Waals surface area contributed by atoms with Crippen molar-refractivity contribution in [2.24, 2.45) is 0 Å². The first-order chi connectivity index (χ1) is 7.66. The van der Waals surface area contributed by atoms with Crippen molar-refractivity contribution in [2.75, 3.05) is 0 Å². The zero-order valence-electron chi connectivity index (χ0n) is 12.8. The molecule has 0 aliphatic rings. The van der Waals surface area contributed by atoms with Crippen molar-refractivity contribution in [3.05, 3.63) is 29.8 Å². The summed E-state index contributed by atoms with van der Waals surface area (Å²) in [5, 5.41) is 2.26. The molecule has 0 aliphatic carbocycles. The maximum absolute atomic E-state index is 2.37. The maximum Gasteiger partial charge on any atom is 0 e. The van der Waals surface area contributed by atoms with Crippen molar-refractivity contribution >= 4 is 13.2 Å². The van der Waals surface area contributed by atoms with Crippen LogP contribution in [0.2, 0.25) is 0 Å². The Hall–Kier alpha value is 0.312. The second-order valence-corrected chi connectivity index (χ2v) is 10.6. The third-order valence-electron chi connectivity index (χ3n) is 2.94. The van der Waals surface area contributed by atoms with Gasteiger partial charge in [-0.1, -0.05) is 80.7 Å². The zero-order valence-corrected chi connectivity index (χ0v) is 15.2. The first kappa shape index (κ1) is 18.3. The Balaban J connectivity index is 0.00000289. The molecule has 0 spiro atoms. The van der Waals surface area contributed by atoms with Crippen molar-refractivity contribution in [1.82, 2.24) is 0 Å². The van der Waals surface area contributed by atoms with Crippen LogP contribution in [0, 0.1) is 0 Å². The van der Waals surface area contributed by atoms with E-state index in [9.17, 15) is 0 Å². The summed E-state index contributed by atoms with van der Waals surface area (Å²) in [6, 6.07) is 9.28. The van der Waals surface area contributed by atoms with Crippen LogP contribution in [-0.2, 0) is 26.8 Å². The zero-order chi connectivity index (χ0) is 13.3. The van der Waals surface area contributed by atoms with Gasteiger partial charge in [0.1, 0.15) is 0 Å². The predicted molar refractivity (Wildman–Crippen MR) is 81.9 cm³/mol. The van der Waals surface area contributed by atoms with Crippen LogP contribution in [0.15, 0.2) is 24.3 Å². The molecule has 2 heteroatoms. The number of hydrogen-bond acceptors (Lipinski definition) is 0. The molecule has 106 valence electrons. The van der Waals surface area contributed by atoms with Crippen molar-refractivity contribution in [1.29, 1.82) is 0 Å². The van der Waals surface area contributed by atoms with E-state index in [2.05, 4.69) is 72.7 Å². The number of benzene rings is 1. The molecular formula is C16H27PPd. The van der Waals surface area contributed by atoms with Gasteiger partial charge in [0.2, 0.25) is 0 Å². The van der Waals surface area contributed by atoms with Crippen molar-refractivity contribution in [3.8, 4) is 0 Å². The maximum atomic E-state index is 2.37. The molecule has 1 aromatic carbocycles. The normalized spacial score (nSPS) is 12.4. The molecule has 0 fully saturated rings. The molecule has 0 aliphatic heterocycles. The molecule has 0 heterocycles. The second-order valence-electron chi connectivity index (χ2n) is 6.70. The van der Waals surface area contributed by atoms with E-state index in [4.69, 9.17) is 0 Å². The van der Waals surface area contributed by atoms with E-state index in [1.54, 1.807) is 0 Å². The quantitative estimate of drug-likeness (QED) is 0.519. The van der Waals surface area contributed by atoms with Gasteiger partial charge in [-0.3, -0.25) is 0 Å². The van der Waals surface area contributed by atoms with Crippen molar-refractivity contribution in [2.45, 2.75) is 65.2 Å². The molecule has 0 nitrogen and oxygen atoms in total. The first-order valence-corrected chi connectivity index (χ1v) is 7.89. The number of aryl methyl sites for hydroxylation is 1. The molecule has 0 saturated carbocycles. The van der Waals surface area contributed by atoms with Gasteiger partial charge in [-0.05, 0) is 27.6 Å². The Morgan fingerprint density at radius 1 is 0.833 bits per heavy atom. The largest absolute Gasteiger partial charge is 0.0643 e. The van der Waals surface area contributed by atoms with Gasteiger partial charge in [-0.25, -0.2) is 0 Å². The smallest absolute Gasteiger partial charge is 0 e. The molecule has 0 amide bonds. The summed E-state index contributed by atoms with van der Waals surface area (Å²) in [5.41, 5.74) is 1.44. The fourth-order valence-electron chi connectivity index (χ4n) is 2.66. The molecule has 1 rings (SSSR count). The topological polar surface area (TPSA) is 0 Å². The van der Waals surface area contributed by atoms with Crippen LogP contribution in [0.5, 0.6) is 0 Å². The Labute approximate surface area is 128 Å². The third-order valence-corrected chi connectivity index (χ3v) is 6.44. The van der Waals surface area contributed by atoms with Gasteiger partial charge in [0.25, 0.3) is 0 Å². The summed E-state index contributed by atoms with van der Waals surface area (Å²) in [7, 11) is -0.155. The molecule has 0 aromatic heterocycles. The van der Waals surface area contributed by atoms with E-state index in [-0.39, 0.29) is 28.3 Å². The first-order valence-electron chi connectivity index (χ1n) is 6.55. The van der Waals surface area contributed by atoms with E-state index in [1.807, 2.05) is 0 Å². The molecule has 0 saturated heterocycles. The van der Waals surface area contributed by atoms with Crippen LogP contribution in [0.25, 0.3) is 0 Å². The van der Waals surface area contributed by atoms with Gasteiger partial charge in [-0.15, -0.1) is 0 Å². The van der Waals surface area contributed by atoms with Gasteiger partial charge >= 0.3 is 0 Å². The predicted octanol–water partition coefficient (Wildman–Crippen LogP) is 4.95. The summed E-state index contributed by atoms with van der Waals surface area (Å²) in [5.74, 6) is 0. The second kappa shape index (κ2) is 6.65. The molecule has 18 heavy (non-hydrogen) atoms. The summed E-state index contributed by atoms with van der Waals surface area (Å²) >= 11 is 0. The van der Waals surface area contributed by atoms with Crippen LogP contribution >= 0.6 is 7.92 Å². The fraction of sp³-hybridized carbons (Fsp3) is 0.625. The Bertz CT molecular complexity index is 340. The van der Waals surface area contributed by atoms with Crippen LogP contribution < -0.4 is 5.30 Å². The van der Waals surface area contributed by atoms with Gasteiger partial charge < -0.3 is 0 Å². The van der Waals surface area contributed by atoms with E-state index in [0.717, 1.165) is 6.42 Å². The van der Waals surface area contributed by atoms with Crippen LogP contribution in [0.1, 0.15) is 54.0 Å². The van der Waals surface area contributed by atoms with Crippen LogP contribution in [0.3, 0.4) is 0 Å². The number of hydrogen-bond donors (Lipinski definition) is 0.